The highest BCUT2D eigenvalue weighted by atomic mass is 16.5. The molecule has 4 rings (SSSR count). The second-order valence-electron chi connectivity index (χ2n) is 8.68. The summed E-state index contributed by atoms with van der Waals surface area (Å²) >= 11 is 0. The van der Waals surface area contributed by atoms with Crippen LogP contribution in [0, 0.1) is 0 Å². The molecule has 0 bridgehead atoms. The summed E-state index contributed by atoms with van der Waals surface area (Å²) in [5.74, 6) is -1.69. The maximum absolute atomic E-state index is 9.55. The van der Waals surface area contributed by atoms with Crippen LogP contribution >= 0.6 is 0 Å². The number of aryl methyl sites for hydroxylation is 2. The van der Waals surface area contributed by atoms with Crippen molar-refractivity contribution in [2.24, 2.45) is 0 Å². The number of carboxylic acid groups (broad SMARTS) is 2. The summed E-state index contributed by atoms with van der Waals surface area (Å²) in [4.78, 5) is 24.4. The minimum Gasteiger partial charge on any atom is -0.478 e. The van der Waals surface area contributed by atoms with Crippen molar-refractivity contribution in [2.75, 3.05) is 39.3 Å². The van der Waals surface area contributed by atoms with Gasteiger partial charge in [0.25, 0.3) is 0 Å². The first-order chi connectivity index (χ1) is 15.5. The zero-order chi connectivity index (χ0) is 22.8. The van der Waals surface area contributed by atoms with Crippen molar-refractivity contribution < 1.29 is 24.5 Å². The van der Waals surface area contributed by atoms with Gasteiger partial charge in [-0.2, -0.15) is 0 Å². The topological polar surface area (TPSA) is 108 Å². The van der Waals surface area contributed by atoms with Gasteiger partial charge in [-0.05, 0) is 32.1 Å². The van der Waals surface area contributed by atoms with Gasteiger partial charge in [0.05, 0.1) is 0 Å². The highest BCUT2D eigenvalue weighted by molar-refractivity contribution is 5.89. The van der Waals surface area contributed by atoms with Crippen LogP contribution in [-0.2, 0) is 22.6 Å². The van der Waals surface area contributed by atoms with Crippen LogP contribution in [0.25, 0.3) is 0 Å². The number of piperazine rings is 1. The van der Waals surface area contributed by atoms with Crippen molar-refractivity contribution in [1.82, 2.24) is 19.6 Å². The Morgan fingerprint density at radius 2 is 1.66 bits per heavy atom. The lowest BCUT2D eigenvalue weighted by atomic mass is 9.94. The molecule has 1 aliphatic carbocycles. The smallest absolute Gasteiger partial charge is 0.328 e. The van der Waals surface area contributed by atoms with Crippen molar-refractivity contribution in [1.29, 1.82) is 0 Å². The monoisotopic (exact) mass is 448 g/mol. The van der Waals surface area contributed by atoms with Crippen LogP contribution in [0.2, 0.25) is 0 Å². The van der Waals surface area contributed by atoms with Crippen molar-refractivity contribution >= 4 is 11.9 Å². The van der Waals surface area contributed by atoms with Gasteiger partial charge in [-0.25, -0.2) is 9.59 Å². The van der Waals surface area contributed by atoms with E-state index in [0.717, 1.165) is 38.0 Å². The largest absolute Gasteiger partial charge is 0.478 e. The molecule has 0 amide bonds. The minimum absolute atomic E-state index is 0.558. The fourth-order valence-corrected chi connectivity index (χ4v) is 4.68. The molecule has 3 aliphatic rings. The standard InChI is InChI=1S/C19H32N4O.C4H4O4/c1-2-6-17(7-3-1)22-12-10-21(11-13-22)14-15-24-19-16-18-8-4-5-9-23(18)20-19;5-3(6)1-2-4(7)8/h16-17H,1-15H2;1-2H,(H,5,6)(H,7,8). The molecule has 1 aromatic heterocycles. The molecule has 1 saturated carbocycles. The Hall–Kier alpha value is -2.39. The average molecular weight is 449 g/mol. The second kappa shape index (κ2) is 12.6. The van der Waals surface area contributed by atoms with E-state index in [0.29, 0.717) is 12.2 Å². The quantitative estimate of drug-likeness (QED) is 0.612. The molecular formula is C23H36N4O5. The predicted molar refractivity (Wildman–Crippen MR) is 120 cm³/mol. The van der Waals surface area contributed by atoms with Gasteiger partial charge in [-0.1, -0.05) is 19.3 Å². The maximum Gasteiger partial charge on any atom is 0.328 e. The Bertz CT molecular complexity index is 725. The van der Waals surface area contributed by atoms with E-state index in [1.165, 1.54) is 76.8 Å². The van der Waals surface area contributed by atoms with E-state index < -0.39 is 11.9 Å². The molecule has 3 heterocycles. The summed E-state index contributed by atoms with van der Waals surface area (Å²) in [6.07, 6.45) is 12.0. The van der Waals surface area contributed by atoms with E-state index >= 15 is 0 Å². The van der Waals surface area contributed by atoms with Gasteiger partial charge < -0.3 is 14.9 Å². The molecular weight excluding hydrogens is 412 g/mol. The minimum atomic E-state index is -1.26. The molecule has 9 nitrogen and oxygen atoms in total. The number of rotatable bonds is 7. The maximum atomic E-state index is 9.55. The molecule has 0 unspecified atom stereocenters. The van der Waals surface area contributed by atoms with Crippen molar-refractivity contribution in [3.05, 3.63) is 23.9 Å². The molecule has 178 valence electrons. The molecule has 0 radical (unpaired) electrons. The van der Waals surface area contributed by atoms with Crippen molar-refractivity contribution in [3.8, 4) is 5.88 Å². The number of ether oxygens (including phenoxy) is 1. The van der Waals surface area contributed by atoms with Gasteiger partial charge >= 0.3 is 11.9 Å². The van der Waals surface area contributed by atoms with Crippen LogP contribution in [0.15, 0.2) is 18.2 Å². The molecule has 2 aliphatic heterocycles. The van der Waals surface area contributed by atoms with Crippen molar-refractivity contribution in [2.45, 2.75) is 64.0 Å². The summed E-state index contributed by atoms with van der Waals surface area (Å²) in [7, 11) is 0. The summed E-state index contributed by atoms with van der Waals surface area (Å²) in [5, 5.41) is 20.2. The molecule has 2 N–H and O–H groups in total. The second-order valence-corrected chi connectivity index (χ2v) is 8.68. The van der Waals surface area contributed by atoms with Crippen molar-refractivity contribution in [3.63, 3.8) is 0 Å². The third-order valence-electron chi connectivity index (χ3n) is 6.42. The third-order valence-corrected chi connectivity index (χ3v) is 6.42. The lowest BCUT2D eigenvalue weighted by Gasteiger charge is -2.40. The Morgan fingerprint density at radius 3 is 2.28 bits per heavy atom. The Morgan fingerprint density at radius 1 is 0.969 bits per heavy atom. The van der Waals surface area contributed by atoms with E-state index in [1.54, 1.807) is 0 Å². The number of hydrogen-bond donors (Lipinski definition) is 2. The van der Waals surface area contributed by atoms with E-state index in [-0.39, 0.29) is 0 Å². The Labute approximate surface area is 189 Å². The van der Waals surface area contributed by atoms with Gasteiger partial charge in [0.2, 0.25) is 5.88 Å². The van der Waals surface area contributed by atoms with Crippen LogP contribution in [0.5, 0.6) is 5.88 Å². The lowest BCUT2D eigenvalue weighted by molar-refractivity contribution is -0.134. The first-order valence-corrected chi connectivity index (χ1v) is 11.8. The van der Waals surface area contributed by atoms with Gasteiger partial charge in [-0.3, -0.25) is 14.5 Å². The lowest BCUT2D eigenvalue weighted by Crippen LogP contribution is -2.51. The van der Waals surface area contributed by atoms with Crippen LogP contribution < -0.4 is 4.74 Å². The number of aliphatic carboxylic acids is 2. The fourth-order valence-electron chi connectivity index (χ4n) is 4.68. The highest BCUT2D eigenvalue weighted by Gasteiger charge is 2.25. The summed E-state index contributed by atoms with van der Waals surface area (Å²) in [6.45, 7) is 7.72. The molecule has 0 atom stereocenters. The Balaban J connectivity index is 0.000000312. The van der Waals surface area contributed by atoms with Gasteiger partial charge in [-0.15, -0.1) is 5.10 Å². The number of nitrogens with zero attached hydrogens (tertiary/aromatic N) is 4. The van der Waals surface area contributed by atoms with Crippen LogP contribution in [0.1, 0.15) is 50.6 Å². The summed E-state index contributed by atoms with van der Waals surface area (Å²) < 4.78 is 8.04. The van der Waals surface area contributed by atoms with E-state index in [9.17, 15) is 9.59 Å². The molecule has 9 heteroatoms. The molecule has 32 heavy (non-hydrogen) atoms. The van der Waals surface area contributed by atoms with E-state index in [4.69, 9.17) is 14.9 Å². The van der Waals surface area contributed by atoms with E-state index in [1.807, 2.05) is 0 Å². The summed E-state index contributed by atoms with van der Waals surface area (Å²) in [6, 6.07) is 3.01. The van der Waals surface area contributed by atoms with E-state index in [2.05, 4.69) is 25.6 Å². The highest BCUT2D eigenvalue weighted by Crippen LogP contribution is 2.23. The molecule has 1 aromatic rings. The van der Waals surface area contributed by atoms with Crippen LogP contribution in [-0.4, -0.2) is 87.1 Å². The van der Waals surface area contributed by atoms with Crippen LogP contribution in [0.4, 0.5) is 0 Å². The SMILES string of the molecule is O=C(O)C=CC(=O)O.c1c(OCCN2CCN(C3CCCCC3)CC2)nn2c1CCCC2. The molecule has 2 fully saturated rings. The molecule has 0 spiro atoms. The first-order valence-electron chi connectivity index (χ1n) is 11.8. The fraction of sp³-hybridized carbons (Fsp3) is 0.696. The number of carbonyl (C=O) groups is 2. The first kappa shape index (κ1) is 24.3. The third kappa shape index (κ3) is 7.94. The number of hydrogen-bond acceptors (Lipinski definition) is 6. The zero-order valence-electron chi connectivity index (χ0n) is 18.8. The number of aromatic nitrogens is 2. The predicted octanol–water partition coefficient (Wildman–Crippen LogP) is 2.26. The molecule has 0 aromatic carbocycles. The Kier molecular flexibility index (Phi) is 9.55. The normalized spacial score (nSPS) is 20.4. The number of carboxylic acids is 2. The average Bonchev–Trinajstić information content (AvgIpc) is 3.22. The van der Waals surface area contributed by atoms with Crippen LogP contribution in [0.3, 0.4) is 0 Å². The summed E-state index contributed by atoms with van der Waals surface area (Å²) in [5.41, 5.74) is 1.34. The van der Waals surface area contributed by atoms with Gasteiger partial charge in [0.15, 0.2) is 0 Å². The molecule has 1 saturated heterocycles. The van der Waals surface area contributed by atoms with Gasteiger partial charge in [0, 0.05) is 69.2 Å². The number of fused-ring (bicyclic) bond motifs is 1. The van der Waals surface area contributed by atoms with Gasteiger partial charge in [0.1, 0.15) is 6.61 Å². The zero-order valence-corrected chi connectivity index (χ0v) is 18.8.